The molecule has 2 aromatic rings. The molecule has 0 saturated carbocycles. The first-order chi connectivity index (χ1) is 16.1. The Kier molecular flexibility index (Phi) is 6.71. The van der Waals surface area contributed by atoms with E-state index in [1.54, 1.807) is 29.9 Å². The number of hydroxylamine groups is 1. The minimum absolute atomic E-state index is 0.0937. The van der Waals surface area contributed by atoms with Crippen LogP contribution in [0.5, 0.6) is 0 Å². The molecule has 3 heterocycles. The lowest BCUT2D eigenvalue weighted by Gasteiger charge is -2.39. The van der Waals surface area contributed by atoms with E-state index in [0.717, 1.165) is 16.1 Å². The van der Waals surface area contributed by atoms with Crippen LogP contribution in [0, 0.1) is 11.3 Å². The summed E-state index contributed by atoms with van der Waals surface area (Å²) in [5.41, 5.74) is 3.24. The summed E-state index contributed by atoms with van der Waals surface area (Å²) in [5, 5.41) is 19.0. The Hall–Kier alpha value is -2.50. The summed E-state index contributed by atoms with van der Waals surface area (Å²) in [6, 6.07) is 5.98. The van der Waals surface area contributed by atoms with Gasteiger partial charge in [-0.15, -0.1) is 0 Å². The van der Waals surface area contributed by atoms with E-state index in [9.17, 15) is 26.9 Å². The number of amides is 1. The highest BCUT2D eigenvalue weighted by Gasteiger charge is 2.41. The Bertz CT molecular complexity index is 1350. The zero-order valence-corrected chi connectivity index (χ0v) is 20.3. The predicted molar refractivity (Wildman–Crippen MR) is 124 cm³/mol. The van der Waals surface area contributed by atoms with E-state index in [1.807, 2.05) is 0 Å². The molecule has 2 fully saturated rings. The quantitative estimate of drug-likeness (QED) is 0.452. The van der Waals surface area contributed by atoms with Gasteiger partial charge in [-0.05, 0) is 55.4 Å². The van der Waals surface area contributed by atoms with Crippen LogP contribution in [0.15, 0.2) is 24.4 Å². The molecule has 1 aromatic heterocycles. The Morgan fingerprint density at radius 2 is 1.82 bits per heavy atom. The van der Waals surface area contributed by atoms with E-state index in [1.165, 1.54) is 8.28 Å². The second-order valence-electron chi connectivity index (χ2n) is 8.77. The molecule has 11 nitrogen and oxygen atoms in total. The highest BCUT2D eigenvalue weighted by atomic mass is 32.2. The third kappa shape index (κ3) is 4.44. The standard InChI is InChI=1S/C21H27N5O6S2/c1-33(29,30)26-14-18(17-12-15(13-22)5-6-19(17)26)16-7-10-24(11-8-16)34(31,32)25-9-3-2-4-20(25)21(27)23-28/h5-6,12,14,16,20,28H,2-4,7-11H2,1H3,(H,23,27)/t20-/m1/s1. The monoisotopic (exact) mass is 509 g/mol. The smallest absolute Gasteiger partial charge is 0.282 e. The molecule has 1 aromatic carbocycles. The number of nitrogens with one attached hydrogen (secondary N) is 1. The van der Waals surface area contributed by atoms with Crippen molar-refractivity contribution in [2.24, 2.45) is 0 Å². The summed E-state index contributed by atoms with van der Waals surface area (Å²) in [6.07, 6.45) is 5.28. The summed E-state index contributed by atoms with van der Waals surface area (Å²) in [5.74, 6) is -0.830. The van der Waals surface area contributed by atoms with Crippen molar-refractivity contribution < 1.29 is 26.8 Å². The largest absolute Gasteiger partial charge is 0.289 e. The normalized spacial score (nSPS) is 21.4. The van der Waals surface area contributed by atoms with E-state index in [0.29, 0.717) is 48.6 Å². The number of benzene rings is 1. The van der Waals surface area contributed by atoms with Gasteiger partial charge >= 0.3 is 0 Å². The van der Waals surface area contributed by atoms with Crippen LogP contribution >= 0.6 is 0 Å². The number of hydrogen-bond acceptors (Lipinski definition) is 7. The zero-order chi connectivity index (χ0) is 24.7. The van der Waals surface area contributed by atoms with Crippen LogP contribution in [0.4, 0.5) is 0 Å². The number of hydrogen-bond donors (Lipinski definition) is 2. The fourth-order valence-electron chi connectivity index (χ4n) is 4.96. The van der Waals surface area contributed by atoms with Crippen molar-refractivity contribution in [1.29, 1.82) is 5.26 Å². The molecule has 13 heteroatoms. The first kappa shape index (κ1) is 24.6. The maximum absolute atomic E-state index is 13.3. The molecule has 184 valence electrons. The van der Waals surface area contributed by atoms with Crippen molar-refractivity contribution in [3.63, 3.8) is 0 Å². The van der Waals surface area contributed by atoms with Gasteiger partial charge in [0.1, 0.15) is 6.04 Å². The fourth-order valence-corrected chi connectivity index (χ4v) is 7.63. The highest BCUT2D eigenvalue weighted by Crippen LogP contribution is 2.37. The molecule has 1 amide bonds. The second kappa shape index (κ2) is 9.27. The van der Waals surface area contributed by atoms with Gasteiger partial charge in [-0.3, -0.25) is 10.0 Å². The molecule has 1 atom stereocenters. The van der Waals surface area contributed by atoms with Gasteiger partial charge in [-0.2, -0.15) is 22.3 Å². The van der Waals surface area contributed by atoms with Crippen molar-refractivity contribution in [1.82, 2.24) is 18.1 Å². The van der Waals surface area contributed by atoms with Crippen LogP contribution in [0.1, 0.15) is 49.1 Å². The van der Waals surface area contributed by atoms with Crippen molar-refractivity contribution in [2.45, 2.75) is 44.1 Å². The van der Waals surface area contributed by atoms with Gasteiger partial charge in [0.25, 0.3) is 16.1 Å². The second-order valence-corrected chi connectivity index (χ2v) is 12.5. The summed E-state index contributed by atoms with van der Waals surface area (Å²) in [7, 11) is -7.49. The topological polar surface area (TPSA) is 153 Å². The van der Waals surface area contributed by atoms with Crippen molar-refractivity contribution >= 4 is 37.0 Å². The van der Waals surface area contributed by atoms with Gasteiger partial charge in [-0.25, -0.2) is 17.9 Å². The summed E-state index contributed by atoms with van der Waals surface area (Å²) < 4.78 is 55.0. The molecule has 2 N–H and O–H groups in total. The molecule has 0 unspecified atom stereocenters. The Balaban J connectivity index is 1.59. The van der Waals surface area contributed by atoms with Crippen LogP contribution in [0.2, 0.25) is 0 Å². The van der Waals surface area contributed by atoms with E-state index in [4.69, 9.17) is 5.21 Å². The van der Waals surface area contributed by atoms with Crippen LogP contribution in [0.25, 0.3) is 10.9 Å². The van der Waals surface area contributed by atoms with E-state index in [-0.39, 0.29) is 25.6 Å². The number of piperidine rings is 2. The lowest BCUT2D eigenvalue weighted by Crippen LogP contribution is -2.56. The molecule has 0 bridgehead atoms. The lowest BCUT2D eigenvalue weighted by atomic mass is 9.90. The molecule has 4 rings (SSSR count). The van der Waals surface area contributed by atoms with Crippen LogP contribution < -0.4 is 5.48 Å². The van der Waals surface area contributed by atoms with Crippen molar-refractivity contribution in [2.75, 3.05) is 25.9 Å². The minimum atomic E-state index is -3.92. The number of nitriles is 1. The maximum Gasteiger partial charge on any atom is 0.282 e. The molecular weight excluding hydrogens is 482 g/mol. The fraction of sp³-hybridized carbons (Fsp3) is 0.524. The van der Waals surface area contributed by atoms with E-state index in [2.05, 4.69) is 6.07 Å². The lowest BCUT2D eigenvalue weighted by molar-refractivity contribution is -0.134. The summed E-state index contributed by atoms with van der Waals surface area (Å²) in [4.78, 5) is 12.0. The van der Waals surface area contributed by atoms with Gasteiger partial charge < -0.3 is 0 Å². The Morgan fingerprint density at radius 1 is 1.12 bits per heavy atom. The van der Waals surface area contributed by atoms with Gasteiger partial charge in [0.05, 0.1) is 23.4 Å². The number of carbonyl (C=O) groups is 1. The molecule has 2 saturated heterocycles. The predicted octanol–water partition coefficient (Wildman–Crippen LogP) is 1.10. The SMILES string of the molecule is CS(=O)(=O)n1cc(C2CCN(S(=O)(=O)N3CCCC[C@@H]3C(=O)NO)CC2)c2cc(C#N)ccc21. The van der Waals surface area contributed by atoms with Crippen LogP contribution in [-0.4, -0.2) is 72.5 Å². The first-order valence-corrected chi connectivity index (χ1v) is 14.3. The zero-order valence-electron chi connectivity index (χ0n) is 18.7. The molecule has 2 aliphatic heterocycles. The van der Waals surface area contributed by atoms with Crippen molar-refractivity contribution in [3.05, 3.63) is 35.5 Å². The number of rotatable bonds is 5. The van der Waals surface area contributed by atoms with Gasteiger partial charge in [0, 0.05) is 31.2 Å². The minimum Gasteiger partial charge on any atom is -0.289 e. The Morgan fingerprint density at radius 3 is 2.44 bits per heavy atom. The average molecular weight is 510 g/mol. The summed E-state index contributed by atoms with van der Waals surface area (Å²) >= 11 is 0. The maximum atomic E-state index is 13.3. The summed E-state index contributed by atoms with van der Waals surface area (Å²) in [6.45, 7) is 0.625. The molecule has 0 radical (unpaired) electrons. The Labute approximate surface area is 198 Å². The number of fused-ring (bicyclic) bond motifs is 1. The molecular formula is C21H27N5O6S2. The first-order valence-electron chi connectivity index (χ1n) is 11.0. The molecule has 0 aliphatic carbocycles. The van der Waals surface area contributed by atoms with Crippen LogP contribution in [-0.2, 0) is 25.0 Å². The molecule has 34 heavy (non-hydrogen) atoms. The van der Waals surface area contributed by atoms with Gasteiger partial charge in [-0.1, -0.05) is 6.42 Å². The van der Waals surface area contributed by atoms with E-state index < -0.39 is 32.2 Å². The van der Waals surface area contributed by atoms with Crippen molar-refractivity contribution in [3.8, 4) is 6.07 Å². The number of aromatic nitrogens is 1. The third-order valence-corrected chi connectivity index (χ3v) is 9.73. The number of carbonyl (C=O) groups excluding carboxylic acids is 1. The number of nitrogens with zero attached hydrogens (tertiary/aromatic N) is 4. The van der Waals surface area contributed by atoms with E-state index >= 15 is 0 Å². The molecule has 2 aliphatic rings. The average Bonchev–Trinajstić information content (AvgIpc) is 3.23. The van der Waals surface area contributed by atoms with Gasteiger partial charge in [0.15, 0.2) is 0 Å². The highest BCUT2D eigenvalue weighted by molar-refractivity contribution is 7.89. The van der Waals surface area contributed by atoms with Gasteiger partial charge in [0.2, 0.25) is 10.0 Å². The van der Waals surface area contributed by atoms with Crippen LogP contribution in [0.3, 0.4) is 0 Å². The molecule has 0 spiro atoms. The third-order valence-electron chi connectivity index (χ3n) is 6.67.